The Kier molecular flexibility index (Phi) is 4.39. The Morgan fingerprint density at radius 1 is 1.29 bits per heavy atom. The quantitative estimate of drug-likeness (QED) is 0.753. The molecule has 1 unspecified atom stereocenters. The van der Waals surface area contributed by atoms with E-state index in [0.29, 0.717) is 0 Å². The predicted molar refractivity (Wildman–Crippen MR) is 62.3 cm³/mol. The van der Waals surface area contributed by atoms with E-state index in [2.05, 4.69) is 25.7 Å². The highest BCUT2D eigenvalue weighted by Crippen LogP contribution is 2.20. The maximum absolute atomic E-state index is 6.04. The molecule has 0 aromatic carbocycles. The van der Waals surface area contributed by atoms with Crippen LogP contribution in [0.4, 0.5) is 0 Å². The van der Waals surface area contributed by atoms with Crippen LogP contribution in [0.15, 0.2) is 0 Å². The van der Waals surface area contributed by atoms with E-state index in [1.54, 1.807) is 0 Å². The summed E-state index contributed by atoms with van der Waals surface area (Å²) in [6.07, 6.45) is 5.49. The zero-order valence-electron chi connectivity index (χ0n) is 10.1. The highest BCUT2D eigenvalue weighted by atomic mass is 15.1. The molecule has 0 bridgehead atoms. The van der Waals surface area contributed by atoms with E-state index in [1.165, 1.54) is 38.8 Å². The van der Waals surface area contributed by atoms with E-state index in [-0.39, 0.29) is 5.54 Å². The van der Waals surface area contributed by atoms with Gasteiger partial charge in [0.1, 0.15) is 0 Å². The minimum atomic E-state index is -0.0357. The molecule has 0 aromatic rings. The molecule has 0 amide bonds. The third-order valence-electron chi connectivity index (χ3n) is 3.15. The maximum atomic E-state index is 6.04. The highest BCUT2D eigenvalue weighted by Gasteiger charge is 2.20. The van der Waals surface area contributed by atoms with Crippen LogP contribution in [0.5, 0.6) is 0 Å². The molecule has 14 heavy (non-hydrogen) atoms. The van der Waals surface area contributed by atoms with Crippen LogP contribution in [-0.4, -0.2) is 30.1 Å². The van der Waals surface area contributed by atoms with Crippen LogP contribution in [0.2, 0.25) is 0 Å². The molecule has 2 nitrogen and oxygen atoms in total. The minimum absolute atomic E-state index is 0.0357. The molecule has 0 aromatic heterocycles. The van der Waals surface area contributed by atoms with Gasteiger partial charge in [0.25, 0.3) is 0 Å². The van der Waals surface area contributed by atoms with Gasteiger partial charge in [-0.05, 0) is 52.1 Å². The van der Waals surface area contributed by atoms with Crippen LogP contribution >= 0.6 is 0 Å². The van der Waals surface area contributed by atoms with Crippen molar-refractivity contribution in [1.29, 1.82) is 0 Å². The Morgan fingerprint density at radius 3 is 2.57 bits per heavy atom. The second-order valence-electron chi connectivity index (χ2n) is 5.47. The average molecular weight is 198 g/mol. The van der Waals surface area contributed by atoms with Gasteiger partial charge in [-0.15, -0.1) is 0 Å². The lowest BCUT2D eigenvalue weighted by molar-refractivity contribution is 0.230. The standard InChI is InChI=1S/C12H26N2/c1-4-11-6-5-8-14(9-7-11)10-12(2,3)13/h11H,4-10,13H2,1-3H3. The Bertz CT molecular complexity index is 160. The summed E-state index contributed by atoms with van der Waals surface area (Å²) in [5.41, 5.74) is 6.01. The molecule has 1 aliphatic heterocycles. The SMILES string of the molecule is CCC1CCCN(CC(C)(C)N)CC1. The van der Waals surface area contributed by atoms with Gasteiger partial charge in [0.2, 0.25) is 0 Å². The second kappa shape index (κ2) is 5.13. The number of nitrogens with zero attached hydrogens (tertiary/aromatic N) is 1. The Morgan fingerprint density at radius 2 is 2.00 bits per heavy atom. The molecule has 2 heteroatoms. The van der Waals surface area contributed by atoms with Crippen molar-refractivity contribution in [3.63, 3.8) is 0 Å². The van der Waals surface area contributed by atoms with E-state index in [4.69, 9.17) is 5.73 Å². The number of likely N-dealkylation sites (tertiary alicyclic amines) is 1. The van der Waals surface area contributed by atoms with E-state index in [1.807, 2.05) is 0 Å². The van der Waals surface area contributed by atoms with Crippen molar-refractivity contribution in [2.24, 2.45) is 11.7 Å². The van der Waals surface area contributed by atoms with Crippen LogP contribution < -0.4 is 5.73 Å². The molecule has 0 radical (unpaired) electrons. The summed E-state index contributed by atoms with van der Waals surface area (Å²) >= 11 is 0. The lowest BCUT2D eigenvalue weighted by Crippen LogP contribution is -2.45. The number of hydrogen-bond acceptors (Lipinski definition) is 2. The fourth-order valence-electron chi connectivity index (χ4n) is 2.37. The monoisotopic (exact) mass is 198 g/mol. The Hall–Kier alpha value is -0.0800. The van der Waals surface area contributed by atoms with Gasteiger partial charge in [0.05, 0.1) is 0 Å². The molecular weight excluding hydrogens is 172 g/mol. The summed E-state index contributed by atoms with van der Waals surface area (Å²) < 4.78 is 0. The zero-order chi connectivity index (χ0) is 10.6. The third-order valence-corrected chi connectivity index (χ3v) is 3.15. The fourth-order valence-corrected chi connectivity index (χ4v) is 2.37. The van der Waals surface area contributed by atoms with Crippen molar-refractivity contribution in [1.82, 2.24) is 4.90 Å². The van der Waals surface area contributed by atoms with Crippen molar-refractivity contribution in [3.8, 4) is 0 Å². The normalized spacial score (nSPS) is 26.1. The van der Waals surface area contributed by atoms with Gasteiger partial charge in [0.15, 0.2) is 0 Å². The first-order valence-electron chi connectivity index (χ1n) is 6.02. The van der Waals surface area contributed by atoms with Crippen molar-refractivity contribution in [3.05, 3.63) is 0 Å². The van der Waals surface area contributed by atoms with Crippen LogP contribution in [0.25, 0.3) is 0 Å². The molecule has 1 rings (SSSR count). The van der Waals surface area contributed by atoms with Gasteiger partial charge in [0, 0.05) is 12.1 Å². The maximum Gasteiger partial charge on any atom is 0.0226 e. The smallest absolute Gasteiger partial charge is 0.0226 e. The first kappa shape index (κ1) is 12.0. The van der Waals surface area contributed by atoms with Crippen molar-refractivity contribution < 1.29 is 0 Å². The predicted octanol–water partition coefficient (Wildman–Crippen LogP) is 2.24. The van der Waals surface area contributed by atoms with Crippen LogP contribution in [0.3, 0.4) is 0 Å². The summed E-state index contributed by atoms with van der Waals surface area (Å²) in [6, 6.07) is 0. The molecule has 0 saturated carbocycles. The Balaban J connectivity index is 2.34. The van der Waals surface area contributed by atoms with Gasteiger partial charge in [-0.2, -0.15) is 0 Å². The fraction of sp³-hybridized carbons (Fsp3) is 1.00. The number of nitrogens with two attached hydrogens (primary N) is 1. The largest absolute Gasteiger partial charge is 0.324 e. The first-order valence-corrected chi connectivity index (χ1v) is 6.02. The zero-order valence-corrected chi connectivity index (χ0v) is 10.1. The molecular formula is C12H26N2. The van der Waals surface area contributed by atoms with E-state index in [9.17, 15) is 0 Å². The van der Waals surface area contributed by atoms with Crippen molar-refractivity contribution in [2.45, 2.75) is 52.0 Å². The Labute approximate surface area is 88.8 Å². The van der Waals surface area contributed by atoms with E-state index in [0.717, 1.165) is 12.5 Å². The van der Waals surface area contributed by atoms with Crippen LogP contribution in [-0.2, 0) is 0 Å². The minimum Gasteiger partial charge on any atom is -0.324 e. The molecule has 0 aliphatic carbocycles. The molecule has 2 N–H and O–H groups in total. The van der Waals surface area contributed by atoms with Crippen LogP contribution in [0, 0.1) is 5.92 Å². The lowest BCUT2D eigenvalue weighted by atomic mass is 9.98. The van der Waals surface area contributed by atoms with Crippen molar-refractivity contribution >= 4 is 0 Å². The van der Waals surface area contributed by atoms with E-state index >= 15 is 0 Å². The van der Waals surface area contributed by atoms with Gasteiger partial charge in [-0.3, -0.25) is 0 Å². The topological polar surface area (TPSA) is 29.3 Å². The molecule has 1 aliphatic rings. The molecule has 1 heterocycles. The number of rotatable bonds is 3. The van der Waals surface area contributed by atoms with Gasteiger partial charge in [-0.25, -0.2) is 0 Å². The summed E-state index contributed by atoms with van der Waals surface area (Å²) in [4.78, 5) is 2.54. The lowest BCUT2D eigenvalue weighted by Gasteiger charge is -2.28. The molecule has 0 spiro atoms. The molecule has 1 atom stereocenters. The van der Waals surface area contributed by atoms with Gasteiger partial charge < -0.3 is 10.6 Å². The highest BCUT2D eigenvalue weighted by molar-refractivity contribution is 4.79. The van der Waals surface area contributed by atoms with Gasteiger partial charge >= 0.3 is 0 Å². The summed E-state index contributed by atoms with van der Waals surface area (Å²) in [5.74, 6) is 0.959. The number of hydrogen-bond donors (Lipinski definition) is 1. The third kappa shape index (κ3) is 4.43. The van der Waals surface area contributed by atoms with Crippen LogP contribution in [0.1, 0.15) is 46.5 Å². The summed E-state index contributed by atoms with van der Waals surface area (Å²) in [7, 11) is 0. The molecule has 84 valence electrons. The summed E-state index contributed by atoms with van der Waals surface area (Å²) in [6.45, 7) is 10.1. The molecule has 1 fully saturated rings. The first-order chi connectivity index (χ1) is 6.51. The average Bonchev–Trinajstić information content (AvgIpc) is 2.27. The summed E-state index contributed by atoms with van der Waals surface area (Å²) in [5, 5.41) is 0. The second-order valence-corrected chi connectivity index (χ2v) is 5.47. The van der Waals surface area contributed by atoms with Crippen molar-refractivity contribution in [2.75, 3.05) is 19.6 Å². The van der Waals surface area contributed by atoms with Gasteiger partial charge in [-0.1, -0.05) is 13.3 Å². The van der Waals surface area contributed by atoms with E-state index < -0.39 is 0 Å². The molecule has 1 saturated heterocycles.